The molecule has 0 aromatic heterocycles. The Morgan fingerprint density at radius 2 is 1.81 bits per heavy atom. The molecule has 16 heavy (non-hydrogen) atoms. The van der Waals surface area contributed by atoms with E-state index in [1.165, 1.54) is 11.1 Å². The average molecular weight is 213 g/mol. The molecule has 0 atom stereocenters. The average Bonchev–Trinajstić information content (AvgIpc) is 2.19. The predicted octanol–water partition coefficient (Wildman–Crippen LogP) is 3.82. The number of benzene rings is 1. The molecular weight excluding hydrogens is 194 g/mol. The van der Waals surface area contributed by atoms with Gasteiger partial charge in [-0.2, -0.15) is 5.26 Å². The summed E-state index contributed by atoms with van der Waals surface area (Å²) >= 11 is 0. The summed E-state index contributed by atoms with van der Waals surface area (Å²) in [4.78, 5) is 0. The molecule has 1 aromatic rings. The topological polar surface area (TPSA) is 23.8 Å². The third kappa shape index (κ3) is 1.73. The molecule has 1 heteroatoms. The van der Waals surface area contributed by atoms with Crippen LogP contribution in [0.1, 0.15) is 37.8 Å². The first-order valence-electron chi connectivity index (χ1n) is 6.06. The molecule has 1 fully saturated rings. The maximum atomic E-state index is 9.41. The van der Waals surface area contributed by atoms with Crippen molar-refractivity contribution in [1.29, 1.82) is 5.26 Å². The van der Waals surface area contributed by atoms with Gasteiger partial charge in [0.1, 0.15) is 0 Å². The summed E-state index contributed by atoms with van der Waals surface area (Å²) in [6, 6.07) is 11.0. The molecule has 1 nitrogen and oxygen atoms in total. The Balaban J connectivity index is 2.20. The summed E-state index contributed by atoms with van der Waals surface area (Å²) in [6.45, 7) is 6.59. The lowest BCUT2D eigenvalue weighted by molar-refractivity contribution is 0.145. The normalized spacial score (nSPS) is 28.6. The lowest BCUT2D eigenvalue weighted by atomic mass is 9.56. The van der Waals surface area contributed by atoms with Crippen LogP contribution in [0.2, 0.25) is 0 Å². The predicted molar refractivity (Wildman–Crippen MR) is 66.0 cm³/mol. The summed E-state index contributed by atoms with van der Waals surface area (Å²) in [5.74, 6) is 1.42. The van der Waals surface area contributed by atoms with Gasteiger partial charge in [-0.05, 0) is 37.2 Å². The minimum Gasteiger partial charge on any atom is -0.197 e. The van der Waals surface area contributed by atoms with Crippen LogP contribution in [-0.4, -0.2) is 0 Å². The molecule has 0 bridgehead atoms. The SMILES string of the molecule is Cc1ccc(C2(C#N)CC(C(C)C)C2)cc1. The van der Waals surface area contributed by atoms with E-state index >= 15 is 0 Å². The highest BCUT2D eigenvalue weighted by Crippen LogP contribution is 2.50. The first-order chi connectivity index (χ1) is 7.57. The van der Waals surface area contributed by atoms with Crippen LogP contribution < -0.4 is 0 Å². The second kappa shape index (κ2) is 3.94. The fourth-order valence-electron chi connectivity index (χ4n) is 2.57. The van der Waals surface area contributed by atoms with Gasteiger partial charge in [-0.3, -0.25) is 0 Å². The molecule has 0 aliphatic heterocycles. The summed E-state index contributed by atoms with van der Waals surface area (Å²) in [5, 5.41) is 9.41. The molecular formula is C15H19N. The van der Waals surface area contributed by atoms with Gasteiger partial charge in [0.2, 0.25) is 0 Å². The highest BCUT2D eigenvalue weighted by Gasteiger charge is 2.46. The van der Waals surface area contributed by atoms with Gasteiger partial charge in [-0.15, -0.1) is 0 Å². The van der Waals surface area contributed by atoms with Crippen molar-refractivity contribution in [2.45, 2.75) is 39.0 Å². The van der Waals surface area contributed by atoms with Crippen LogP contribution in [0.3, 0.4) is 0 Å². The van der Waals surface area contributed by atoms with Crippen molar-refractivity contribution in [3.05, 3.63) is 35.4 Å². The van der Waals surface area contributed by atoms with Crippen molar-refractivity contribution in [1.82, 2.24) is 0 Å². The van der Waals surface area contributed by atoms with Gasteiger partial charge in [0, 0.05) is 0 Å². The largest absolute Gasteiger partial charge is 0.197 e. The van der Waals surface area contributed by atoms with Gasteiger partial charge in [0.05, 0.1) is 11.5 Å². The van der Waals surface area contributed by atoms with Gasteiger partial charge in [-0.1, -0.05) is 43.7 Å². The number of nitrogens with zero attached hydrogens (tertiary/aromatic N) is 1. The first kappa shape index (κ1) is 11.2. The van der Waals surface area contributed by atoms with Gasteiger partial charge in [0.15, 0.2) is 0 Å². The van der Waals surface area contributed by atoms with Crippen molar-refractivity contribution in [2.75, 3.05) is 0 Å². The summed E-state index contributed by atoms with van der Waals surface area (Å²) in [7, 11) is 0. The molecule has 0 heterocycles. The van der Waals surface area contributed by atoms with E-state index in [0.717, 1.165) is 18.8 Å². The first-order valence-corrected chi connectivity index (χ1v) is 6.06. The maximum absolute atomic E-state index is 9.41. The highest BCUT2D eigenvalue weighted by molar-refractivity contribution is 5.37. The Hall–Kier alpha value is -1.29. The number of rotatable bonds is 2. The summed E-state index contributed by atoms with van der Waals surface area (Å²) < 4.78 is 0. The Morgan fingerprint density at radius 3 is 2.25 bits per heavy atom. The van der Waals surface area contributed by atoms with Crippen molar-refractivity contribution in [2.24, 2.45) is 11.8 Å². The summed E-state index contributed by atoms with van der Waals surface area (Å²) in [6.07, 6.45) is 2.06. The number of hydrogen-bond donors (Lipinski definition) is 0. The van der Waals surface area contributed by atoms with E-state index in [1.807, 2.05) is 0 Å². The zero-order chi connectivity index (χ0) is 11.8. The molecule has 1 aliphatic carbocycles. The van der Waals surface area contributed by atoms with E-state index in [0.29, 0.717) is 5.92 Å². The van der Waals surface area contributed by atoms with E-state index in [2.05, 4.69) is 51.1 Å². The van der Waals surface area contributed by atoms with Crippen molar-refractivity contribution < 1.29 is 0 Å². The molecule has 2 rings (SSSR count). The minimum atomic E-state index is -0.192. The fraction of sp³-hybridized carbons (Fsp3) is 0.533. The minimum absolute atomic E-state index is 0.192. The van der Waals surface area contributed by atoms with Gasteiger partial charge in [0.25, 0.3) is 0 Å². The van der Waals surface area contributed by atoms with Gasteiger partial charge >= 0.3 is 0 Å². The maximum Gasteiger partial charge on any atom is 0.0827 e. The zero-order valence-electron chi connectivity index (χ0n) is 10.3. The van der Waals surface area contributed by atoms with E-state index in [9.17, 15) is 5.26 Å². The quantitative estimate of drug-likeness (QED) is 0.732. The van der Waals surface area contributed by atoms with E-state index in [-0.39, 0.29) is 5.41 Å². The smallest absolute Gasteiger partial charge is 0.0827 e. The molecule has 1 aliphatic rings. The molecule has 0 radical (unpaired) electrons. The van der Waals surface area contributed by atoms with Crippen LogP contribution in [0.15, 0.2) is 24.3 Å². The van der Waals surface area contributed by atoms with Crippen molar-refractivity contribution in [3.8, 4) is 6.07 Å². The Bertz CT molecular complexity index is 402. The lowest BCUT2D eigenvalue weighted by Crippen LogP contribution is -2.42. The molecule has 0 saturated heterocycles. The molecule has 0 amide bonds. The van der Waals surface area contributed by atoms with Gasteiger partial charge < -0.3 is 0 Å². The second-order valence-corrected chi connectivity index (χ2v) is 5.47. The Kier molecular flexibility index (Phi) is 2.76. The number of hydrogen-bond acceptors (Lipinski definition) is 1. The Labute approximate surface area is 98.1 Å². The van der Waals surface area contributed by atoms with Crippen LogP contribution in [0, 0.1) is 30.1 Å². The lowest BCUT2D eigenvalue weighted by Gasteiger charge is -2.45. The molecule has 84 valence electrons. The van der Waals surface area contributed by atoms with Gasteiger partial charge in [-0.25, -0.2) is 0 Å². The number of aryl methyl sites for hydroxylation is 1. The van der Waals surface area contributed by atoms with E-state index < -0.39 is 0 Å². The fourth-order valence-corrected chi connectivity index (χ4v) is 2.57. The van der Waals surface area contributed by atoms with Crippen LogP contribution in [0.4, 0.5) is 0 Å². The summed E-state index contributed by atoms with van der Waals surface area (Å²) in [5.41, 5.74) is 2.27. The molecule has 0 spiro atoms. The number of nitriles is 1. The zero-order valence-corrected chi connectivity index (χ0v) is 10.3. The Morgan fingerprint density at radius 1 is 1.25 bits per heavy atom. The van der Waals surface area contributed by atoms with Crippen LogP contribution in [0.25, 0.3) is 0 Å². The van der Waals surface area contributed by atoms with E-state index in [1.54, 1.807) is 0 Å². The molecule has 1 saturated carbocycles. The second-order valence-electron chi connectivity index (χ2n) is 5.47. The van der Waals surface area contributed by atoms with Crippen molar-refractivity contribution in [3.63, 3.8) is 0 Å². The monoisotopic (exact) mass is 213 g/mol. The van der Waals surface area contributed by atoms with Crippen molar-refractivity contribution >= 4 is 0 Å². The molecule has 1 aromatic carbocycles. The third-order valence-electron chi connectivity index (χ3n) is 3.98. The standard InChI is InChI=1S/C15H19N/c1-11(2)13-8-15(9-13,10-16)14-6-4-12(3)5-7-14/h4-7,11,13H,8-9H2,1-3H3. The van der Waals surface area contributed by atoms with Crippen LogP contribution >= 0.6 is 0 Å². The molecule has 0 unspecified atom stereocenters. The van der Waals surface area contributed by atoms with Crippen LogP contribution in [-0.2, 0) is 5.41 Å². The highest BCUT2D eigenvalue weighted by atomic mass is 14.5. The third-order valence-corrected chi connectivity index (χ3v) is 3.98. The van der Waals surface area contributed by atoms with E-state index in [4.69, 9.17) is 0 Å². The molecule has 0 N–H and O–H groups in total. The van der Waals surface area contributed by atoms with Crippen LogP contribution in [0.5, 0.6) is 0 Å².